The Kier molecular flexibility index (Phi) is 11.3. The second-order valence-corrected chi connectivity index (χ2v) is 13.2. The van der Waals surface area contributed by atoms with Gasteiger partial charge in [-0.25, -0.2) is 8.42 Å². The summed E-state index contributed by atoms with van der Waals surface area (Å²) >= 11 is 19.3. The highest BCUT2D eigenvalue weighted by molar-refractivity contribution is 7.92. The molecule has 0 bridgehead atoms. The van der Waals surface area contributed by atoms with Gasteiger partial charge in [-0.1, -0.05) is 107 Å². The van der Waals surface area contributed by atoms with Gasteiger partial charge in [0.25, 0.3) is 10.0 Å². The SMILES string of the molecule is CCNC(=O)[C@@H](Cc1ccccc1)N(Cc1ccccc1Cl)C(=O)CN(c1cccc(Cl)c1Cl)S(=O)(=O)c1ccc(C)cc1. The number of benzene rings is 4. The van der Waals surface area contributed by atoms with Crippen LogP contribution in [0, 0.1) is 6.92 Å². The Morgan fingerprint density at radius 3 is 2.11 bits per heavy atom. The Bertz CT molecular complexity index is 1720. The van der Waals surface area contributed by atoms with Crippen molar-refractivity contribution < 1.29 is 18.0 Å². The van der Waals surface area contributed by atoms with Gasteiger partial charge in [0.15, 0.2) is 0 Å². The monoisotopic (exact) mass is 671 g/mol. The molecule has 0 radical (unpaired) electrons. The summed E-state index contributed by atoms with van der Waals surface area (Å²) in [6.45, 7) is 3.26. The molecule has 11 heteroatoms. The number of nitrogens with one attached hydrogen (secondary N) is 1. The molecule has 0 saturated carbocycles. The van der Waals surface area contributed by atoms with E-state index < -0.39 is 28.5 Å². The van der Waals surface area contributed by atoms with Crippen molar-refractivity contribution in [3.05, 3.63) is 129 Å². The summed E-state index contributed by atoms with van der Waals surface area (Å²) in [5.74, 6) is -1.02. The summed E-state index contributed by atoms with van der Waals surface area (Å²) in [6, 6.07) is 26.1. The minimum atomic E-state index is -4.32. The van der Waals surface area contributed by atoms with Crippen LogP contribution in [0.4, 0.5) is 5.69 Å². The lowest BCUT2D eigenvalue weighted by atomic mass is 10.0. The third kappa shape index (κ3) is 7.93. The fourth-order valence-corrected chi connectivity index (χ4v) is 6.76. The van der Waals surface area contributed by atoms with Crippen LogP contribution in [0.1, 0.15) is 23.6 Å². The first-order valence-electron chi connectivity index (χ1n) is 13.9. The Labute approximate surface area is 273 Å². The molecule has 44 heavy (non-hydrogen) atoms. The fraction of sp³-hybridized carbons (Fsp3) is 0.212. The lowest BCUT2D eigenvalue weighted by molar-refractivity contribution is -0.140. The topological polar surface area (TPSA) is 86.8 Å². The number of hydrogen-bond donors (Lipinski definition) is 1. The van der Waals surface area contributed by atoms with Gasteiger partial charge in [0, 0.05) is 24.5 Å². The van der Waals surface area contributed by atoms with E-state index in [1.165, 1.54) is 29.2 Å². The normalized spacial score (nSPS) is 11.9. The summed E-state index contributed by atoms with van der Waals surface area (Å²) in [5.41, 5.74) is 2.31. The van der Waals surface area contributed by atoms with Crippen LogP contribution in [0.2, 0.25) is 15.1 Å². The minimum absolute atomic E-state index is 0.0279. The molecule has 0 fully saturated rings. The molecule has 0 heterocycles. The van der Waals surface area contributed by atoms with Crippen molar-refractivity contribution in [2.24, 2.45) is 0 Å². The molecule has 2 amide bonds. The van der Waals surface area contributed by atoms with Crippen molar-refractivity contribution in [1.29, 1.82) is 0 Å². The summed E-state index contributed by atoms with van der Waals surface area (Å²) < 4.78 is 29.2. The van der Waals surface area contributed by atoms with Crippen molar-refractivity contribution in [2.75, 3.05) is 17.4 Å². The van der Waals surface area contributed by atoms with Crippen LogP contribution < -0.4 is 9.62 Å². The molecule has 0 aliphatic rings. The Balaban J connectivity index is 1.84. The van der Waals surface area contributed by atoms with Crippen LogP contribution in [-0.2, 0) is 32.6 Å². The molecule has 4 rings (SSSR count). The quantitative estimate of drug-likeness (QED) is 0.177. The first-order valence-corrected chi connectivity index (χ1v) is 16.5. The van der Waals surface area contributed by atoms with Gasteiger partial charge in [-0.3, -0.25) is 13.9 Å². The zero-order valence-electron chi connectivity index (χ0n) is 24.2. The lowest BCUT2D eigenvalue weighted by Gasteiger charge is -2.34. The van der Waals surface area contributed by atoms with Gasteiger partial charge in [-0.05, 0) is 55.3 Å². The molecule has 0 unspecified atom stereocenters. The smallest absolute Gasteiger partial charge is 0.264 e. The second-order valence-electron chi connectivity index (χ2n) is 10.1. The number of sulfonamides is 1. The van der Waals surface area contributed by atoms with Crippen LogP contribution in [0.5, 0.6) is 0 Å². The van der Waals surface area contributed by atoms with Gasteiger partial charge in [0.2, 0.25) is 11.8 Å². The molecule has 0 saturated heterocycles. The van der Waals surface area contributed by atoms with Crippen LogP contribution in [0.3, 0.4) is 0 Å². The van der Waals surface area contributed by atoms with Gasteiger partial charge in [-0.15, -0.1) is 0 Å². The maximum absolute atomic E-state index is 14.4. The molecule has 1 atom stereocenters. The third-order valence-electron chi connectivity index (χ3n) is 7.01. The number of hydrogen-bond acceptors (Lipinski definition) is 4. The van der Waals surface area contributed by atoms with Crippen molar-refractivity contribution in [1.82, 2.24) is 10.2 Å². The first-order chi connectivity index (χ1) is 21.0. The highest BCUT2D eigenvalue weighted by atomic mass is 35.5. The van der Waals surface area contributed by atoms with Crippen LogP contribution in [0.25, 0.3) is 0 Å². The van der Waals surface area contributed by atoms with Crippen molar-refractivity contribution in [3.8, 4) is 0 Å². The predicted molar refractivity (Wildman–Crippen MR) is 177 cm³/mol. The number of carbonyl (C=O) groups is 2. The van der Waals surface area contributed by atoms with Crippen LogP contribution in [-0.4, -0.2) is 44.3 Å². The van der Waals surface area contributed by atoms with E-state index in [4.69, 9.17) is 34.8 Å². The molecule has 7 nitrogen and oxygen atoms in total. The maximum Gasteiger partial charge on any atom is 0.264 e. The largest absolute Gasteiger partial charge is 0.355 e. The van der Waals surface area contributed by atoms with E-state index in [1.54, 1.807) is 49.4 Å². The standard InChI is InChI=1S/C33H32Cl3N3O4S/c1-3-37-33(41)30(20-24-10-5-4-6-11-24)38(21-25-12-7-8-13-27(25)34)31(40)22-39(29-15-9-14-28(35)32(29)36)44(42,43)26-18-16-23(2)17-19-26/h4-19,30H,3,20-22H2,1-2H3,(H,37,41)/t30-/m1/s1. The van der Waals surface area contributed by atoms with E-state index in [0.29, 0.717) is 17.1 Å². The van der Waals surface area contributed by atoms with Crippen molar-refractivity contribution in [3.63, 3.8) is 0 Å². The van der Waals surface area contributed by atoms with Crippen molar-refractivity contribution >= 4 is 62.3 Å². The minimum Gasteiger partial charge on any atom is -0.355 e. The number of anilines is 1. The van der Waals surface area contributed by atoms with E-state index in [-0.39, 0.29) is 39.5 Å². The van der Waals surface area contributed by atoms with Gasteiger partial charge in [-0.2, -0.15) is 0 Å². The molecular formula is C33H32Cl3N3O4S. The van der Waals surface area contributed by atoms with E-state index in [1.807, 2.05) is 37.3 Å². The highest BCUT2D eigenvalue weighted by Crippen LogP contribution is 2.36. The number of rotatable bonds is 12. The van der Waals surface area contributed by atoms with Gasteiger partial charge >= 0.3 is 0 Å². The predicted octanol–water partition coefficient (Wildman–Crippen LogP) is 6.93. The average Bonchev–Trinajstić information content (AvgIpc) is 3.01. The number of amides is 2. The fourth-order valence-electron chi connectivity index (χ4n) is 4.69. The van der Waals surface area contributed by atoms with Gasteiger partial charge in [0.05, 0.1) is 20.6 Å². The molecule has 1 N–H and O–H groups in total. The Morgan fingerprint density at radius 1 is 0.818 bits per heavy atom. The van der Waals surface area contributed by atoms with Gasteiger partial charge in [0.1, 0.15) is 12.6 Å². The number of likely N-dealkylation sites (N-methyl/N-ethyl adjacent to an activating group) is 1. The molecule has 230 valence electrons. The molecule has 4 aromatic carbocycles. The molecule has 4 aromatic rings. The van der Waals surface area contributed by atoms with E-state index in [0.717, 1.165) is 15.4 Å². The molecule has 0 aliphatic carbocycles. The third-order valence-corrected chi connectivity index (χ3v) is 9.96. The Hall–Kier alpha value is -3.56. The lowest BCUT2D eigenvalue weighted by Crippen LogP contribution is -2.53. The number of carbonyl (C=O) groups excluding carboxylic acids is 2. The highest BCUT2D eigenvalue weighted by Gasteiger charge is 2.35. The summed E-state index contributed by atoms with van der Waals surface area (Å²) in [7, 11) is -4.32. The summed E-state index contributed by atoms with van der Waals surface area (Å²) in [5, 5.41) is 3.33. The van der Waals surface area contributed by atoms with E-state index in [9.17, 15) is 18.0 Å². The van der Waals surface area contributed by atoms with E-state index >= 15 is 0 Å². The van der Waals surface area contributed by atoms with Crippen LogP contribution in [0.15, 0.2) is 102 Å². The van der Waals surface area contributed by atoms with Crippen molar-refractivity contribution in [2.45, 2.75) is 37.8 Å². The molecular weight excluding hydrogens is 641 g/mol. The molecule has 0 aromatic heterocycles. The summed E-state index contributed by atoms with van der Waals surface area (Å²) in [4.78, 5) is 29.3. The number of nitrogens with zero attached hydrogens (tertiary/aromatic N) is 2. The first kappa shape index (κ1) is 33.3. The summed E-state index contributed by atoms with van der Waals surface area (Å²) in [6.07, 6.45) is 0.186. The number of aryl methyl sites for hydroxylation is 1. The van der Waals surface area contributed by atoms with Crippen LogP contribution >= 0.6 is 34.8 Å². The van der Waals surface area contributed by atoms with E-state index in [2.05, 4.69) is 5.32 Å². The number of halogens is 3. The average molecular weight is 673 g/mol. The second kappa shape index (κ2) is 14.9. The molecule has 0 aliphatic heterocycles. The Morgan fingerprint density at radius 2 is 1.45 bits per heavy atom. The zero-order chi connectivity index (χ0) is 31.9. The molecule has 0 spiro atoms. The van der Waals surface area contributed by atoms with Gasteiger partial charge < -0.3 is 10.2 Å². The zero-order valence-corrected chi connectivity index (χ0v) is 27.3. The maximum atomic E-state index is 14.4.